The van der Waals surface area contributed by atoms with Crippen LogP contribution in [0.1, 0.15) is 34.6 Å². The van der Waals surface area contributed by atoms with Crippen molar-refractivity contribution in [3.8, 4) is 0 Å². The van der Waals surface area contributed by atoms with Gasteiger partial charge in [0, 0.05) is 39.5 Å². The molecule has 4 heterocycles. The summed E-state index contributed by atoms with van der Waals surface area (Å²) < 4.78 is 67.4. The van der Waals surface area contributed by atoms with Crippen molar-refractivity contribution in [1.82, 2.24) is 4.57 Å². The first-order valence-corrected chi connectivity index (χ1v) is 20.9. The van der Waals surface area contributed by atoms with Crippen LogP contribution in [0.25, 0.3) is 0 Å². The highest BCUT2D eigenvalue weighted by Gasteiger charge is 2.56. The summed E-state index contributed by atoms with van der Waals surface area (Å²) in [7, 11) is 1.73. The molecule has 5 rings (SSSR count). The predicted molar refractivity (Wildman–Crippen MR) is 209 cm³/mol. The van der Waals surface area contributed by atoms with Crippen molar-refractivity contribution in [3.63, 3.8) is 0 Å². The first kappa shape index (κ1) is 50.2. The summed E-state index contributed by atoms with van der Waals surface area (Å²) in [5.74, 6) is -5.19. The fourth-order valence-electron chi connectivity index (χ4n) is 7.17. The normalized spacial score (nSPS) is 32.7. The Labute approximate surface area is 370 Å². The van der Waals surface area contributed by atoms with Gasteiger partial charge in [0.05, 0.1) is 26.9 Å². The molecule has 64 heavy (non-hydrogen) atoms. The van der Waals surface area contributed by atoms with E-state index in [1.54, 1.807) is 60.7 Å². The second-order valence-corrected chi connectivity index (χ2v) is 16.1. The molecule has 24 heteroatoms. The van der Waals surface area contributed by atoms with Crippen molar-refractivity contribution in [3.05, 3.63) is 49.1 Å². The summed E-state index contributed by atoms with van der Waals surface area (Å²) in [6.07, 6.45) is -17.6. The molecular weight excluding hydrogens is 876 g/mol. The van der Waals surface area contributed by atoms with Crippen LogP contribution in [0.2, 0.25) is 0 Å². The maximum absolute atomic E-state index is 13.6. The van der Waals surface area contributed by atoms with Crippen molar-refractivity contribution in [2.45, 2.75) is 137 Å². The minimum atomic E-state index is -1.86. The van der Waals surface area contributed by atoms with Crippen LogP contribution in [0.5, 0.6) is 0 Å². The molecule has 354 valence electrons. The van der Waals surface area contributed by atoms with Gasteiger partial charge in [-0.05, 0) is 12.1 Å². The SMILES string of the molecule is CC(=O)O[C@@H]1[C@@H](OC(C)=O)[C@H](Sc2ccccc2)O[C@H](CO[C@@H]2O[C@H](CO[C@@H]3O[C@H](CO)[C@@H](O)[C@H](O)[C@H]3O)[C@@H](OC(C)=O)[C@H](OC(C)=O)[C@H]2OC(C)=O)[C@H]1OC(=O)Cn1cc[n+](C)c1. The number of aliphatic hydroxyl groups excluding tert-OH is 4. The number of carbonyl (C=O) groups is 6. The molecule has 1 aromatic heterocycles. The summed E-state index contributed by atoms with van der Waals surface area (Å²) in [6.45, 7) is 2.91. The summed E-state index contributed by atoms with van der Waals surface area (Å²) in [6, 6.07) is 8.76. The number of carbonyl (C=O) groups excluding carboxylic acids is 6. The van der Waals surface area contributed by atoms with Crippen LogP contribution in [-0.4, -0.2) is 172 Å². The highest BCUT2D eigenvalue weighted by atomic mass is 32.2. The molecule has 0 saturated carbocycles. The molecule has 0 aliphatic carbocycles. The van der Waals surface area contributed by atoms with Crippen LogP contribution >= 0.6 is 11.8 Å². The number of hydrogen-bond donors (Lipinski definition) is 4. The Balaban J connectivity index is 1.52. The summed E-state index contributed by atoms with van der Waals surface area (Å²) in [5, 5.41) is 41.0. The maximum atomic E-state index is 13.6. The van der Waals surface area contributed by atoms with Crippen molar-refractivity contribution >= 4 is 47.6 Å². The lowest BCUT2D eigenvalue weighted by Gasteiger charge is -2.46. The summed E-state index contributed by atoms with van der Waals surface area (Å²) in [5.41, 5.74) is -1.15. The van der Waals surface area contributed by atoms with Crippen molar-refractivity contribution in [1.29, 1.82) is 0 Å². The molecular formula is C40H53N2O21S+. The molecule has 1 aromatic carbocycles. The van der Waals surface area contributed by atoms with Gasteiger partial charge in [-0.3, -0.25) is 24.0 Å². The van der Waals surface area contributed by atoms with E-state index in [-0.39, 0.29) is 6.54 Å². The number of thioether (sulfide) groups is 1. The number of hydrogen-bond acceptors (Lipinski definition) is 22. The first-order chi connectivity index (χ1) is 30.3. The first-order valence-electron chi connectivity index (χ1n) is 20.0. The Morgan fingerprint density at radius 1 is 0.625 bits per heavy atom. The third kappa shape index (κ3) is 13.4. The van der Waals surface area contributed by atoms with Crippen LogP contribution in [-0.2, 0) is 94.5 Å². The molecule has 15 atom stereocenters. The number of ether oxygens (including phenoxy) is 11. The predicted octanol–water partition coefficient (Wildman–Crippen LogP) is -2.04. The van der Waals surface area contributed by atoms with Crippen LogP contribution in [0.3, 0.4) is 0 Å². The molecule has 3 fully saturated rings. The molecule has 3 aliphatic rings. The van der Waals surface area contributed by atoms with E-state index in [0.717, 1.165) is 46.4 Å². The van der Waals surface area contributed by atoms with Gasteiger partial charge in [0.2, 0.25) is 6.33 Å². The lowest BCUT2D eigenvalue weighted by molar-refractivity contribution is -0.671. The lowest BCUT2D eigenvalue weighted by atomic mass is 9.97. The van der Waals surface area contributed by atoms with Gasteiger partial charge in [-0.2, -0.15) is 0 Å². The molecule has 3 aliphatic heterocycles. The zero-order valence-electron chi connectivity index (χ0n) is 35.6. The molecule has 0 unspecified atom stereocenters. The standard InChI is InChI=1S/C40H53N2O21S/c1-19(44)55-32-26(16-53-38-31(52)30(51)29(50)25(15-43)60-38)61-39(36(58-22(4)47)34(32)56-20(2)45)54-17-27-33(63-28(49)14-42-13-12-41(6)18-42)35(57-21(3)46)37(59-23(5)48)40(62-27)64-24-10-8-7-9-11-24/h7-13,18,25-27,29-40,43,50-52H,14-17H2,1-6H3/q+1/t25-,26-,27-,29-,30+,31-,32-,33-,34+,35+,36-,37-,38-,39-,40+/m1/s1. The topological polar surface area (TPSA) is 294 Å². The third-order valence-corrected chi connectivity index (χ3v) is 10.9. The summed E-state index contributed by atoms with van der Waals surface area (Å²) in [4.78, 5) is 77.2. The number of aryl methyl sites for hydroxylation is 1. The van der Waals surface area contributed by atoms with E-state index in [9.17, 15) is 49.2 Å². The second-order valence-electron chi connectivity index (χ2n) is 15.0. The molecule has 4 N–H and O–H groups in total. The quantitative estimate of drug-likeness (QED) is 0.0755. The van der Waals surface area contributed by atoms with E-state index < -0.39 is 147 Å². The molecule has 0 bridgehead atoms. The molecule has 0 amide bonds. The number of esters is 6. The Kier molecular flexibility index (Phi) is 18.0. The molecule has 3 saturated heterocycles. The Morgan fingerprint density at radius 2 is 1.12 bits per heavy atom. The van der Waals surface area contributed by atoms with E-state index in [2.05, 4.69) is 0 Å². The number of benzene rings is 1. The van der Waals surface area contributed by atoms with Gasteiger partial charge < -0.3 is 72.5 Å². The average molecular weight is 930 g/mol. The average Bonchev–Trinajstić information content (AvgIpc) is 3.63. The second kappa shape index (κ2) is 22.9. The van der Waals surface area contributed by atoms with E-state index in [4.69, 9.17) is 52.1 Å². The van der Waals surface area contributed by atoms with Crippen molar-refractivity contribution in [2.24, 2.45) is 7.05 Å². The fourth-order valence-corrected chi connectivity index (χ4v) is 8.29. The lowest BCUT2D eigenvalue weighted by Crippen LogP contribution is -2.65. The zero-order chi connectivity index (χ0) is 46.8. The fraction of sp³-hybridized carbons (Fsp3) is 0.625. The Morgan fingerprint density at radius 3 is 1.69 bits per heavy atom. The third-order valence-electron chi connectivity index (χ3n) is 9.79. The molecule has 0 spiro atoms. The number of aromatic nitrogens is 2. The van der Waals surface area contributed by atoms with E-state index >= 15 is 0 Å². The molecule has 0 radical (unpaired) electrons. The van der Waals surface area contributed by atoms with Gasteiger partial charge in [-0.1, -0.05) is 30.0 Å². The maximum Gasteiger partial charge on any atom is 0.349 e. The van der Waals surface area contributed by atoms with Gasteiger partial charge in [-0.25, -0.2) is 13.9 Å². The summed E-state index contributed by atoms with van der Waals surface area (Å²) >= 11 is 1.08. The number of rotatable bonds is 17. The van der Waals surface area contributed by atoms with E-state index in [1.165, 1.54) is 4.57 Å². The Hall–Kier alpha value is -4.76. The van der Waals surface area contributed by atoms with Gasteiger partial charge in [0.15, 0.2) is 55.7 Å². The molecule has 2 aromatic rings. The zero-order valence-corrected chi connectivity index (χ0v) is 36.5. The van der Waals surface area contributed by atoms with Crippen LogP contribution < -0.4 is 4.57 Å². The van der Waals surface area contributed by atoms with Crippen molar-refractivity contribution in [2.75, 3.05) is 19.8 Å². The van der Waals surface area contributed by atoms with E-state index in [1.807, 2.05) is 0 Å². The largest absolute Gasteiger partial charge is 0.456 e. The number of nitrogens with zero attached hydrogens (tertiary/aromatic N) is 2. The van der Waals surface area contributed by atoms with Gasteiger partial charge in [-0.15, -0.1) is 0 Å². The molecule has 23 nitrogen and oxygen atoms in total. The van der Waals surface area contributed by atoms with E-state index in [0.29, 0.717) is 4.90 Å². The Bertz CT molecular complexity index is 1920. The minimum absolute atomic E-state index is 0.323. The number of imidazole rings is 1. The number of aliphatic hydroxyl groups is 4. The van der Waals surface area contributed by atoms with Gasteiger partial charge in [0.1, 0.15) is 54.5 Å². The van der Waals surface area contributed by atoms with Crippen molar-refractivity contribution < 1.29 is 106 Å². The highest BCUT2D eigenvalue weighted by Crippen LogP contribution is 2.39. The monoisotopic (exact) mass is 929 g/mol. The highest BCUT2D eigenvalue weighted by molar-refractivity contribution is 7.99. The van der Waals surface area contributed by atoms with Crippen LogP contribution in [0.15, 0.2) is 53.9 Å². The van der Waals surface area contributed by atoms with Gasteiger partial charge >= 0.3 is 35.8 Å². The minimum Gasteiger partial charge on any atom is -0.456 e. The van der Waals surface area contributed by atoms with Gasteiger partial charge in [0.25, 0.3) is 0 Å². The van der Waals surface area contributed by atoms with Crippen LogP contribution in [0.4, 0.5) is 0 Å². The smallest absolute Gasteiger partial charge is 0.349 e. The van der Waals surface area contributed by atoms with Crippen LogP contribution in [0, 0.1) is 0 Å².